The van der Waals surface area contributed by atoms with E-state index in [-0.39, 0.29) is 0 Å². The van der Waals surface area contributed by atoms with Crippen molar-refractivity contribution < 1.29 is 0 Å². The molecule has 2 aliphatic rings. The fraction of sp³-hybridized carbons (Fsp3) is 1.00. The summed E-state index contributed by atoms with van der Waals surface area (Å²) in [5.41, 5.74) is 0. The van der Waals surface area contributed by atoms with Crippen molar-refractivity contribution in [2.45, 2.75) is 38.1 Å². The number of piperazine rings is 1. The summed E-state index contributed by atoms with van der Waals surface area (Å²) < 4.78 is 0. The normalized spacial score (nSPS) is 25.1. The van der Waals surface area contributed by atoms with Gasteiger partial charge in [-0.15, -0.1) is 0 Å². The molecule has 94 valence electrons. The fourth-order valence-electron chi connectivity index (χ4n) is 2.94. The van der Waals surface area contributed by atoms with Crippen molar-refractivity contribution in [2.75, 3.05) is 46.3 Å². The van der Waals surface area contributed by atoms with Gasteiger partial charge in [-0.1, -0.05) is 19.3 Å². The molecule has 2 fully saturated rings. The van der Waals surface area contributed by atoms with Crippen LogP contribution in [-0.4, -0.2) is 62.2 Å². The second-order valence-corrected chi connectivity index (χ2v) is 5.36. The predicted octanol–water partition coefficient (Wildman–Crippen LogP) is 1.16. The maximum atomic E-state index is 3.41. The van der Waals surface area contributed by atoms with Crippen molar-refractivity contribution in [3.8, 4) is 0 Å². The summed E-state index contributed by atoms with van der Waals surface area (Å²) in [7, 11) is 2.32. The van der Waals surface area contributed by atoms with Crippen LogP contribution in [0, 0.1) is 0 Å². The lowest BCUT2D eigenvalue weighted by Crippen LogP contribution is -2.47. The zero-order valence-corrected chi connectivity index (χ0v) is 10.7. The molecule has 0 amide bonds. The maximum Gasteiger partial charge on any atom is 0.0110 e. The molecular weight excluding hydrogens is 198 g/mol. The number of rotatable bonds is 4. The van der Waals surface area contributed by atoms with Crippen molar-refractivity contribution in [1.82, 2.24) is 15.1 Å². The monoisotopic (exact) mass is 225 g/mol. The minimum absolute atomic E-state index is 0.872. The van der Waals surface area contributed by atoms with Gasteiger partial charge in [-0.2, -0.15) is 0 Å². The Balaban J connectivity index is 1.63. The third-order valence-corrected chi connectivity index (χ3v) is 4.18. The van der Waals surface area contributed by atoms with Gasteiger partial charge in [0.05, 0.1) is 0 Å². The highest BCUT2D eigenvalue weighted by Crippen LogP contribution is 2.21. The van der Waals surface area contributed by atoms with E-state index in [0.717, 1.165) is 6.04 Å². The third kappa shape index (κ3) is 3.72. The van der Waals surface area contributed by atoms with Gasteiger partial charge in [-0.3, -0.25) is 4.90 Å². The minimum atomic E-state index is 0.872. The first kappa shape index (κ1) is 12.3. The van der Waals surface area contributed by atoms with Crippen LogP contribution in [-0.2, 0) is 0 Å². The van der Waals surface area contributed by atoms with Crippen molar-refractivity contribution >= 4 is 0 Å². The molecule has 0 aromatic carbocycles. The van der Waals surface area contributed by atoms with Gasteiger partial charge < -0.3 is 10.2 Å². The van der Waals surface area contributed by atoms with Crippen LogP contribution >= 0.6 is 0 Å². The molecule has 1 N–H and O–H groups in total. The second-order valence-electron chi connectivity index (χ2n) is 5.36. The Morgan fingerprint density at radius 1 is 1.12 bits per heavy atom. The van der Waals surface area contributed by atoms with Crippen LogP contribution in [0.15, 0.2) is 0 Å². The van der Waals surface area contributed by atoms with E-state index in [0.29, 0.717) is 0 Å². The summed E-state index contributed by atoms with van der Waals surface area (Å²) >= 11 is 0. The van der Waals surface area contributed by atoms with Gasteiger partial charge in [0.25, 0.3) is 0 Å². The molecule has 0 radical (unpaired) electrons. The van der Waals surface area contributed by atoms with Crippen LogP contribution in [0.3, 0.4) is 0 Å². The molecule has 16 heavy (non-hydrogen) atoms. The molecule has 3 nitrogen and oxygen atoms in total. The Bertz CT molecular complexity index is 184. The zero-order valence-electron chi connectivity index (χ0n) is 10.7. The van der Waals surface area contributed by atoms with Gasteiger partial charge in [0.1, 0.15) is 0 Å². The first-order valence-corrected chi connectivity index (χ1v) is 6.99. The topological polar surface area (TPSA) is 18.5 Å². The van der Waals surface area contributed by atoms with E-state index >= 15 is 0 Å². The highest BCUT2D eigenvalue weighted by atomic mass is 15.2. The Morgan fingerprint density at radius 2 is 1.81 bits per heavy atom. The van der Waals surface area contributed by atoms with E-state index in [1.165, 1.54) is 71.4 Å². The van der Waals surface area contributed by atoms with Gasteiger partial charge in [-0.05, 0) is 19.9 Å². The van der Waals surface area contributed by atoms with E-state index in [1.54, 1.807) is 0 Å². The molecule has 1 aliphatic heterocycles. The lowest BCUT2D eigenvalue weighted by atomic mass is 9.94. The average molecular weight is 225 g/mol. The van der Waals surface area contributed by atoms with E-state index in [2.05, 4.69) is 22.2 Å². The van der Waals surface area contributed by atoms with E-state index in [9.17, 15) is 0 Å². The third-order valence-electron chi connectivity index (χ3n) is 4.18. The number of hydrogen-bond donors (Lipinski definition) is 1. The Kier molecular flexibility index (Phi) is 5.07. The molecule has 1 saturated heterocycles. The van der Waals surface area contributed by atoms with Crippen molar-refractivity contribution in [1.29, 1.82) is 0 Å². The summed E-state index contributed by atoms with van der Waals surface area (Å²) in [4.78, 5) is 5.19. The SMILES string of the molecule is CN(CCN1CCNCC1)C1CCCCC1. The lowest BCUT2D eigenvalue weighted by Gasteiger charge is -2.34. The molecule has 0 aromatic heterocycles. The van der Waals surface area contributed by atoms with Crippen LogP contribution in [0.4, 0.5) is 0 Å². The number of hydrogen-bond acceptors (Lipinski definition) is 3. The summed E-state index contributed by atoms with van der Waals surface area (Å²) in [5, 5.41) is 3.41. The van der Waals surface area contributed by atoms with Gasteiger partial charge >= 0.3 is 0 Å². The Labute approximate surface area is 100 Å². The summed E-state index contributed by atoms with van der Waals surface area (Å²) in [6.07, 6.45) is 7.21. The van der Waals surface area contributed by atoms with Gasteiger partial charge in [0.15, 0.2) is 0 Å². The number of nitrogens with zero attached hydrogens (tertiary/aromatic N) is 2. The standard InChI is InChI=1S/C13H27N3/c1-15(13-5-3-2-4-6-13)11-12-16-9-7-14-8-10-16/h13-14H,2-12H2,1H3. The molecule has 2 rings (SSSR count). The largest absolute Gasteiger partial charge is 0.314 e. The van der Waals surface area contributed by atoms with Crippen LogP contribution in [0.1, 0.15) is 32.1 Å². The summed E-state index contributed by atoms with van der Waals surface area (Å²) in [5.74, 6) is 0. The van der Waals surface area contributed by atoms with Crippen molar-refractivity contribution in [2.24, 2.45) is 0 Å². The van der Waals surface area contributed by atoms with Crippen LogP contribution < -0.4 is 5.32 Å². The predicted molar refractivity (Wildman–Crippen MR) is 68.8 cm³/mol. The molecule has 0 unspecified atom stereocenters. The smallest absolute Gasteiger partial charge is 0.0110 e. The number of nitrogens with one attached hydrogen (secondary N) is 1. The summed E-state index contributed by atoms with van der Waals surface area (Å²) in [6, 6.07) is 0.872. The van der Waals surface area contributed by atoms with Crippen LogP contribution in [0.2, 0.25) is 0 Å². The van der Waals surface area contributed by atoms with Crippen molar-refractivity contribution in [3.63, 3.8) is 0 Å². The molecule has 1 saturated carbocycles. The second kappa shape index (κ2) is 6.58. The van der Waals surface area contributed by atoms with E-state index in [1.807, 2.05) is 0 Å². The molecule has 0 atom stereocenters. The maximum absolute atomic E-state index is 3.41. The minimum Gasteiger partial charge on any atom is -0.314 e. The van der Waals surface area contributed by atoms with E-state index < -0.39 is 0 Å². The number of likely N-dealkylation sites (N-methyl/N-ethyl adjacent to an activating group) is 1. The molecule has 0 aromatic rings. The van der Waals surface area contributed by atoms with Gasteiger partial charge in [-0.25, -0.2) is 0 Å². The fourth-order valence-corrected chi connectivity index (χ4v) is 2.94. The first-order chi connectivity index (χ1) is 7.86. The van der Waals surface area contributed by atoms with Crippen molar-refractivity contribution in [3.05, 3.63) is 0 Å². The molecule has 0 spiro atoms. The van der Waals surface area contributed by atoms with Crippen LogP contribution in [0.5, 0.6) is 0 Å². The van der Waals surface area contributed by atoms with E-state index in [4.69, 9.17) is 0 Å². The highest BCUT2D eigenvalue weighted by Gasteiger charge is 2.18. The first-order valence-electron chi connectivity index (χ1n) is 6.99. The highest BCUT2D eigenvalue weighted by molar-refractivity contribution is 4.75. The average Bonchev–Trinajstić information content (AvgIpc) is 2.38. The van der Waals surface area contributed by atoms with Crippen LogP contribution in [0.25, 0.3) is 0 Å². The van der Waals surface area contributed by atoms with Gasteiger partial charge in [0.2, 0.25) is 0 Å². The lowest BCUT2D eigenvalue weighted by molar-refractivity contribution is 0.153. The Hall–Kier alpha value is -0.120. The quantitative estimate of drug-likeness (QED) is 0.774. The molecule has 1 heterocycles. The molecular formula is C13H27N3. The molecule has 1 aliphatic carbocycles. The Morgan fingerprint density at radius 3 is 2.50 bits per heavy atom. The zero-order chi connectivity index (χ0) is 11.2. The summed E-state index contributed by atoms with van der Waals surface area (Å²) in [6.45, 7) is 7.33. The molecule has 0 bridgehead atoms. The van der Waals surface area contributed by atoms with Gasteiger partial charge in [0, 0.05) is 45.3 Å². The molecule has 3 heteroatoms.